The zero-order valence-corrected chi connectivity index (χ0v) is 31.1. The number of nitrogens with zero attached hydrogens (tertiary/aromatic N) is 3. The minimum atomic E-state index is 0.696. The lowest BCUT2D eigenvalue weighted by molar-refractivity contribution is 1.17. The van der Waals surface area contributed by atoms with E-state index >= 15 is 0 Å². The molecule has 0 saturated carbocycles. The van der Waals surface area contributed by atoms with E-state index in [0.717, 1.165) is 44.8 Å². The van der Waals surface area contributed by atoms with Crippen LogP contribution in [0.3, 0.4) is 0 Å². The van der Waals surface area contributed by atoms with E-state index in [1.54, 1.807) is 0 Å². The van der Waals surface area contributed by atoms with Crippen LogP contribution < -0.4 is 0 Å². The van der Waals surface area contributed by atoms with Gasteiger partial charge in [0, 0.05) is 58.9 Å². The van der Waals surface area contributed by atoms with Crippen LogP contribution in [0.15, 0.2) is 200 Å². The summed E-state index contributed by atoms with van der Waals surface area (Å²) in [5, 5.41) is 4.93. The second kappa shape index (κ2) is 13.3. The highest BCUT2D eigenvalue weighted by Gasteiger charge is 2.19. The van der Waals surface area contributed by atoms with Gasteiger partial charge in [-0.1, -0.05) is 158 Å². The Hall–Kier alpha value is -7.14. The molecule has 0 unspecified atom stereocenters. The molecule has 11 aromatic rings. The van der Waals surface area contributed by atoms with E-state index in [9.17, 15) is 0 Å². The zero-order chi connectivity index (χ0) is 37.0. The first kappa shape index (κ1) is 32.3. The fraction of sp³-hybridized carbons (Fsp3) is 0. The lowest BCUT2D eigenvalue weighted by atomic mass is 9.97. The number of benzene rings is 8. The second-order valence-electron chi connectivity index (χ2n) is 14.2. The molecule has 0 aliphatic carbocycles. The number of hydrogen-bond donors (Lipinski definition) is 0. The van der Waals surface area contributed by atoms with E-state index < -0.39 is 0 Å². The number of para-hydroxylation sites is 1. The summed E-state index contributed by atoms with van der Waals surface area (Å²) in [4.78, 5) is 10.4. The van der Waals surface area contributed by atoms with Gasteiger partial charge in [0.05, 0.1) is 22.4 Å². The number of thiophene rings is 1. The molecule has 0 N–H and O–H groups in total. The van der Waals surface area contributed by atoms with Gasteiger partial charge < -0.3 is 4.57 Å². The minimum absolute atomic E-state index is 0.696. The quantitative estimate of drug-likeness (QED) is 0.170. The first-order chi connectivity index (χ1) is 27.7. The summed E-state index contributed by atoms with van der Waals surface area (Å²) in [7, 11) is 0. The first-order valence-corrected chi connectivity index (χ1v) is 19.7. The number of hydrogen-bond acceptors (Lipinski definition) is 3. The molecule has 3 nitrogen and oxygen atoms in total. The van der Waals surface area contributed by atoms with Crippen molar-refractivity contribution >= 4 is 53.3 Å². The summed E-state index contributed by atoms with van der Waals surface area (Å²) in [6.45, 7) is 0. The number of aromatic nitrogens is 3. The summed E-state index contributed by atoms with van der Waals surface area (Å²) < 4.78 is 5.01. The van der Waals surface area contributed by atoms with Gasteiger partial charge in [-0.25, -0.2) is 9.97 Å². The molecular weight excluding hydrogens is 699 g/mol. The molecule has 0 aliphatic rings. The van der Waals surface area contributed by atoms with Crippen LogP contribution in [-0.2, 0) is 0 Å². The molecule has 0 radical (unpaired) electrons. The Morgan fingerprint density at radius 2 is 0.946 bits per heavy atom. The van der Waals surface area contributed by atoms with Crippen molar-refractivity contribution in [2.24, 2.45) is 0 Å². The van der Waals surface area contributed by atoms with Gasteiger partial charge in [-0.05, 0) is 59.2 Å². The largest absolute Gasteiger partial charge is 0.309 e. The molecule has 4 heteroatoms. The van der Waals surface area contributed by atoms with Crippen LogP contribution in [0.1, 0.15) is 0 Å². The maximum Gasteiger partial charge on any atom is 0.160 e. The molecule has 3 aromatic heterocycles. The van der Waals surface area contributed by atoms with Gasteiger partial charge in [-0.3, -0.25) is 0 Å². The maximum atomic E-state index is 5.20. The maximum absolute atomic E-state index is 5.20. The molecule has 0 fully saturated rings. The summed E-state index contributed by atoms with van der Waals surface area (Å²) in [6.07, 6.45) is 0. The lowest BCUT2D eigenvalue weighted by Crippen LogP contribution is -1.97. The standard InChI is InChI=1S/C52H33N3S/c1-4-15-34(16-5-1)37-21-14-22-38(29-37)44-31-40(32-45-43-24-11-13-26-50(43)56-51(44)45)55-48-25-12-10-23-41(48)42-28-27-39(30-49(42)55)52-53-46(35-17-6-2-7-18-35)33-47(54-52)36-19-8-3-9-20-36/h1-33H. The monoisotopic (exact) mass is 731 g/mol. The normalized spacial score (nSPS) is 11.6. The Kier molecular flexibility index (Phi) is 7.68. The fourth-order valence-electron chi connectivity index (χ4n) is 8.13. The Morgan fingerprint density at radius 3 is 1.68 bits per heavy atom. The van der Waals surface area contributed by atoms with E-state index in [2.05, 4.69) is 193 Å². The summed E-state index contributed by atoms with van der Waals surface area (Å²) in [6, 6.07) is 71.5. The fourth-order valence-corrected chi connectivity index (χ4v) is 9.35. The molecule has 0 spiro atoms. The van der Waals surface area contributed by atoms with E-state index in [1.165, 1.54) is 53.2 Å². The van der Waals surface area contributed by atoms with Crippen molar-refractivity contribution in [1.82, 2.24) is 14.5 Å². The molecule has 11 rings (SSSR count). The Labute approximate surface area is 328 Å². The first-order valence-electron chi connectivity index (χ1n) is 18.9. The number of rotatable bonds is 6. The van der Waals surface area contributed by atoms with E-state index in [0.29, 0.717) is 5.82 Å². The van der Waals surface area contributed by atoms with Gasteiger partial charge in [0.2, 0.25) is 0 Å². The SMILES string of the molecule is c1ccc(-c2cccc(-c3cc(-n4c5ccccc5c5ccc(-c6nc(-c7ccccc7)cc(-c7ccccc7)n6)cc54)cc4c3sc3ccccc34)c2)cc1. The summed E-state index contributed by atoms with van der Waals surface area (Å²) in [5.41, 5.74) is 13.1. The van der Waals surface area contributed by atoms with Gasteiger partial charge in [-0.2, -0.15) is 0 Å². The van der Waals surface area contributed by atoms with Crippen molar-refractivity contribution in [1.29, 1.82) is 0 Å². The Morgan fingerprint density at radius 1 is 0.357 bits per heavy atom. The van der Waals surface area contributed by atoms with Crippen LogP contribution in [0.5, 0.6) is 0 Å². The van der Waals surface area contributed by atoms with Crippen molar-refractivity contribution in [3.05, 3.63) is 200 Å². The highest BCUT2D eigenvalue weighted by Crippen LogP contribution is 2.44. The molecule has 262 valence electrons. The highest BCUT2D eigenvalue weighted by atomic mass is 32.1. The Bertz CT molecular complexity index is 3180. The van der Waals surface area contributed by atoms with Gasteiger partial charge in [0.1, 0.15) is 0 Å². The van der Waals surface area contributed by atoms with Crippen molar-refractivity contribution in [3.63, 3.8) is 0 Å². The molecule has 0 amide bonds. The van der Waals surface area contributed by atoms with Crippen molar-refractivity contribution < 1.29 is 0 Å². The highest BCUT2D eigenvalue weighted by molar-refractivity contribution is 7.26. The van der Waals surface area contributed by atoms with Crippen LogP contribution in [-0.4, -0.2) is 14.5 Å². The van der Waals surface area contributed by atoms with Gasteiger partial charge in [-0.15, -0.1) is 11.3 Å². The van der Waals surface area contributed by atoms with Gasteiger partial charge in [0.25, 0.3) is 0 Å². The molecule has 0 bridgehead atoms. The predicted octanol–water partition coefficient (Wildman–Crippen LogP) is 14.3. The smallest absolute Gasteiger partial charge is 0.160 e. The molecule has 8 aromatic carbocycles. The predicted molar refractivity (Wildman–Crippen MR) is 236 cm³/mol. The van der Waals surface area contributed by atoms with Crippen LogP contribution in [0.2, 0.25) is 0 Å². The van der Waals surface area contributed by atoms with Crippen LogP contribution in [0.25, 0.3) is 104 Å². The van der Waals surface area contributed by atoms with E-state index in [4.69, 9.17) is 9.97 Å². The molecule has 56 heavy (non-hydrogen) atoms. The average molecular weight is 732 g/mol. The van der Waals surface area contributed by atoms with Crippen molar-refractivity contribution in [3.8, 4) is 61.8 Å². The summed E-state index contributed by atoms with van der Waals surface area (Å²) in [5.74, 6) is 0.696. The molecule has 3 heterocycles. The van der Waals surface area contributed by atoms with Crippen molar-refractivity contribution in [2.75, 3.05) is 0 Å². The summed E-state index contributed by atoms with van der Waals surface area (Å²) >= 11 is 1.87. The van der Waals surface area contributed by atoms with Crippen LogP contribution in [0, 0.1) is 0 Å². The third kappa shape index (κ3) is 5.50. The minimum Gasteiger partial charge on any atom is -0.309 e. The van der Waals surface area contributed by atoms with Crippen LogP contribution >= 0.6 is 11.3 Å². The molecule has 0 atom stereocenters. The topological polar surface area (TPSA) is 30.7 Å². The van der Waals surface area contributed by atoms with E-state index in [-0.39, 0.29) is 0 Å². The van der Waals surface area contributed by atoms with Crippen LogP contribution in [0.4, 0.5) is 0 Å². The average Bonchev–Trinajstić information content (AvgIpc) is 3.82. The van der Waals surface area contributed by atoms with Gasteiger partial charge in [0.15, 0.2) is 5.82 Å². The zero-order valence-electron chi connectivity index (χ0n) is 30.3. The third-order valence-corrected chi connectivity index (χ3v) is 12.0. The lowest BCUT2D eigenvalue weighted by Gasteiger charge is -2.14. The molecular formula is C52H33N3S. The van der Waals surface area contributed by atoms with Gasteiger partial charge >= 0.3 is 0 Å². The Balaban J connectivity index is 1.16. The van der Waals surface area contributed by atoms with Crippen molar-refractivity contribution in [2.45, 2.75) is 0 Å². The second-order valence-corrected chi connectivity index (χ2v) is 15.2. The third-order valence-electron chi connectivity index (χ3n) is 10.8. The number of fused-ring (bicyclic) bond motifs is 6. The molecule has 0 aliphatic heterocycles. The molecule has 0 saturated heterocycles. The van der Waals surface area contributed by atoms with E-state index in [1.807, 2.05) is 23.5 Å².